The van der Waals surface area contributed by atoms with E-state index in [9.17, 15) is 9.59 Å². The molecule has 0 spiro atoms. The van der Waals surface area contributed by atoms with Crippen molar-refractivity contribution in [3.63, 3.8) is 0 Å². The first-order valence-electron chi connectivity index (χ1n) is 8.94. The van der Waals surface area contributed by atoms with Gasteiger partial charge in [0.2, 0.25) is 0 Å². The molecule has 2 aromatic heterocycles. The third-order valence-electron chi connectivity index (χ3n) is 4.95. The van der Waals surface area contributed by atoms with Crippen LogP contribution in [0.4, 0.5) is 0 Å². The SMILES string of the molecule is COC(=O)CCC[NH2+][C@@H](C)c1nc2sc3c(c2c(=O)[nH]1)CC[C@@H](C)C3. The molecule has 0 aliphatic heterocycles. The Balaban J connectivity index is 1.74. The maximum absolute atomic E-state index is 12.6. The standard InChI is InChI=1S/C18H25N3O3S/c1-10-6-7-12-13(9-10)25-18-15(12)17(23)20-16(21-18)11(2)19-8-4-5-14(22)24-3/h10-11,19H,4-9H2,1-3H3,(H,20,21,23)/p+1/t10-,11+/m1/s1. The zero-order valence-corrected chi connectivity index (χ0v) is 15.9. The maximum Gasteiger partial charge on any atom is 0.305 e. The number of hydrogen-bond acceptors (Lipinski definition) is 5. The number of hydrogen-bond donors (Lipinski definition) is 2. The van der Waals surface area contributed by atoms with Gasteiger partial charge in [-0.25, -0.2) is 4.98 Å². The van der Waals surface area contributed by atoms with Crippen molar-refractivity contribution in [3.05, 3.63) is 26.6 Å². The number of esters is 1. The molecular formula is C18H26N3O3S+. The van der Waals surface area contributed by atoms with E-state index in [1.807, 2.05) is 6.92 Å². The number of H-pyrrole nitrogens is 1. The highest BCUT2D eigenvalue weighted by Gasteiger charge is 2.24. The fourth-order valence-electron chi connectivity index (χ4n) is 3.41. The lowest BCUT2D eigenvalue weighted by molar-refractivity contribution is -0.694. The number of nitrogens with two attached hydrogens (primary N) is 1. The molecule has 0 saturated heterocycles. The van der Waals surface area contributed by atoms with Crippen molar-refractivity contribution >= 4 is 27.5 Å². The number of fused-ring (bicyclic) bond motifs is 3. The van der Waals surface area contributed by atoms with Crippen molar-refractivity contribution in [2.75, 3.05) is 13.7 Å². The van der Waals surface area contributed by atoms with Crippen LogP contribution in [0.1, 0.15) is 55.4 Å². The first-order chi connectivity index (χ1) is 12.0. The molecule has 1 aliphatic rings. The number of methoxy groups -OCH3 is 1. The average Bonchev–Trinajstić information content (AvgIpc) is 2.95. The van der Waals surface area contributed by atoms with Gasteiger partial charge in [-0.2, -0.15) is 0 Å². The lowest BCUT2D eigenvalue weighted by Crippen LogP contribution is -2.85. The van der Waals surface area contributed by atoms with Gasteiger partial charge in [0.05, 0.1) is 25.5 Å². The Bertz CT molecular complexity index is 827. The molecule has 25 heavy (non-hydrogen) atoms. The van der Waals surface area contributed by atoms with Gasteiger partial charge < -0.3 is 15.0 Å². The molecule has 1 aliphatic carbocycles. The fourth-order valence-corrected chi connectivity index (χ4v) is 4.80. The molecule has 2 aromatic rings. The molecule has 2 heterocycles. The van der Waals surface area contributed by atoms with Crippen LogP contribution in [0.3, 0.4) is 0 Å². The summed E-state index contributed by atoms with van der Waals surface area (Å²) in [4.78, 5) is 33.7. The highest BCUT2D eigenvalue weighted by Crippen LogP contribution is 2.35. The predicted molar refractivity (Wildman–Crippen MR) is 97.9 cm³/mol. The molecule has 0 aromatic carbocycles. The Morgan fingerprint density at radius 2 is 2.32 bits per heavy atom. The number of aromatic amines is 1. The summed E-state index contributed by atoms with van der Waals surface area (Å²) in [6.07, 6.45) is 4.34. The first kappa shape index (κ1) is 18.1. The highest BCUT2D eigenvalue weighted by atomic mass is 32.1. The Kier molecular flexibility index (Phi) is 5.54. The van der Waals surface area contributed by atoms with Gasteiger partial charge in [-0.1, -0.05) is 6.92 Å². The van der Waals surface area contributed by atoms with Crippen LogP contribution in [0.2, 0.25) is 0 Å². The zero-order chi connectivity index (χ0) is 18.0. The summed E-state index contributed by atoms with van der Waals surface area (Å²) in [5.74, 6) is 1.20. The second-order valence-corrected chi connectivity index (χ2v) is 8.06. The minimum atomic E-state index is -0.188. The largest absolute Gasteiger partial charge is 0.469 e. The molecule has 136 valence electrons. The van der Waals surface area contributed by atoms with E-state index in [-0.39, 0.29) is 17.6 Å². The van der Waals surface area contributed by atoms with Gasteiger partial charge in [0.1, 0.15) is 10.9 Å². The van der Waals surface area contributed by atoms with Crippen LogP contribution in [-0.2, 0) is 22.4 Å². The van der Waals surface area contributed by atoms with E-state index >= 15 is 0 Å². The molecule has 6 nitrogen and oxygen atoms in total. The quantitative estimate of drug-likeness (QED) is 0.603. The maximum atomic E-state index is 12.6. The number of ether oxygens (including phenoxy) is 1. The molecule has 0 bridgehead atoms. The van der Waals surface area contributed by atoms with E-state index in [1.165, 1.54) is 17.6 Å². The number of aryl methyl sites for hydroxylation is 1. The number of nitrogens with one attached hydrogen (secondary N) is 1. The number of thiophene rings is 1. The summed E-state index contributed by atoms with van der Waals surface area (Å²) in [6.45, 7) is 5.08. The van der Waals surface area contributed by atoms with Gasteiger partial charge >= 0.3 is 5.97 Å². The van der Waals surface area contributed by atoms with Gasteiger partial charge in [-0.3, -0.25) is 9.59 Å². The number of quaternary nitrogens is 1. The van der Waals surface area contributed by atoms with Crippen molar-refractivity contribution in [1.29, 1.82) is 0 Å². The summed E-state index contributed by atoms with van der Waals surface area (Å²) in [7, 11) is 1.40. The number of carbonyl (C=O) groups is 1. The predicted octanol–water partition coefficient (Wildman–Crippen LogP) is 1.69. The summed E-state index contributed by atoms with van der Waals surface area (Å²) in [5, 5.41) is 2.90. The van der Waals surface area contributed by atoms with Gasteiger partial charge in [0, 0.05) is 11.3 Å². The molecule has 0 radical (unpaired) electrons. The van der Waals surface area contributed by atoms with Gasteiger partial charge in [0.15, 0.2) is 5.82 Å². The van der Waals surface area contributed by atoms with Crippen LogP contribution in [0.25, 0.3) is 10.2 Å². The molecule has 0 saturated carbocycles. The van der Waals surface area contributed by atoms with Crippen molar-refractivity contribution in [2.45, 2.75) is 52.0 Å². The number of rotatable bonds is 6. The topological polar surface area (TPSA) is 88.7 Å². The van der Waals surface area contributed by atoms with Crippen LogP contribution in [-0.4, -0.2) is 29.6 Å². The lowest BCUT2D eigenvalue weighted by Gasteiger charge is -2.17. The summed E-state index contributed by atoms with van der Waals surface area (Å²) < 4.78 is 4.64. The number of aromatic nitrogens is 2. The van der Waals surface area contributed by atoms with E-state index in [0.717, 1.165) is 42.4 Å². The second-order valence-electron chi connectivity index (χ2n) is 6.98. The van der Waals surface area contributed by atoms with Crippen LogP contribution in [0.15, 0.2) is 4.79 Å². The molecule has 3 N–H and O–H groups in total. The third-order valence-corrected chi connectivity index (χ3v) is 6.10. The summed E-state index contributed by atoms with van der Waals surface area (Å²) >= 11 is 1.68. The molecule has 3 rings (SSSR count). The number of nitrogens with zero attached hydrogens (tertiary/aromatic N) is 1. The summed E-state index contributed by atoms with van der Waals surface area (Å²) in [6, 6.07) is 0.0489. The van der Waals surface area contributed by atoms with E-state index in [1.54, 1.807) is 11.3 Å². The molecule has 0 unspecified atom stereocenters. The smallest absolute Gasteiger partial charge is 0.305 e. The number of carbonyl (C=O) groups excluding carboxylic acids is 1. The van der Waals surface area contributed by atoms with Crippen molar-refractivity contribution in [3.8, 4) is 0 Å². The third kappa shape index (κ3) is 3.93. The van der Waals surface area contributed by atoms with Gasteiger partial charge in [-0.05, 0) is 37.7 Å². The van der Waals surface area contributed by atoms with E-state index in [0.29, 0.717) is 18.2 Å². The van der Waals surface area contributed by atoms with Crippen molar-refractivity contribution in [1.82, 2.24) is 9.97 Å². The van der Waals surface area contributed by atoms with E-state index in [4.69, 9.17) is 4.98 Å². The Morgan fingerprint density at radius 1 is 1.52 bits per heavy atom. The van der Waals surface area contributed by atoms with Crippen LogP contribution in [0, 0.1) is 5.92 Å². The average molecular weight is 364 g/mol. The normalized spacial score (nSPS) is 18.1. The highest BCUT2D eigenvalue weighted by molar-refractivity contribution is 7.18. The van der Waals surface area contributed by atoms with Crippen molar-refractivity contribution in [2.24, 2.45) is 5.92 Å². The molecular weight excluding hydrogens is 338 g/mol. The Labute approximate surface area is 151 Å². The minimum absolute atomic E-state index is 0.0122. The fraction of sp³-hybridized carbons (Fsp3) is 0.611. The Morgan fingerprint density at radius 3 is 3.08 bits per heavy atom. The van der Waals surface area contributed by atoms with Crippen LogP contribution in [0.5, 0.6) is 0 Å². The minimum Gasteiger partial charge on any atom is -0.469 e. The summed E-state index contributed by atoms with van der Waals surface area (Å²) in [5.41, 5.74) is 1.20. The van der Waals surface area contributed by atoms with Crippen molar-refractivity contribution < 1.29 is 14.8 Å². The molecule has 0 amide bonds. The molecule has 2 atom stereocenters. The second kappa shape index (κ2) is 7.66. The van der Waals surface area contributed by atoms with Gasteiger partial charge in [-0.15, -0.1) is 11.3 Å². The van der Waals surface area contributed by atoms with Crippen LogP contribution >= 0.6 is 11.3 Å². The zero-order valence-electron chi connectivity index (χ0n) is 15.1. The molecule has 7 heteroatoms. The monoisotopic (exact) mass is 364 g/mol. The lowest BCUT2D eigenvalue weighted by atomic mass is 9.89. The van der Waals surface area contributed by atoms with E-state index < -0.39 is 0 Å². The Hall–Kier alpha value is -1.73. The van der Waals surface area contributed by atoms with E-state index in [2.05, 4.69) is 22.0 Å². The molecule has 0 fully saturated rings. The first-order valence-corrected chi connectivity index (χ1v) is 9.75. The van der Waals surface area contributed by atoms with Gasteiger partial charge in [0.25, 0.3) is 5.56 Å². The van der Waals surface area contributed by atoms with Crippen LogP contribution < -0.4 is 10.9 Å².